The summed E-state index contributed by atoms with van der Waals surface area (Å²) in [4.78, 5) is 14.8. The van der Waals surface area contributed by atoms with E-state index < -0.39 is 5.60 Å². The van der Waals surface area contributed by atoms with E-state index in [4.69, 9.17) is 9.47 Å². The number of ether oxygens (including phenoxy) is 2. The Kier molecular flexibility index (Phi) is 7.06. The maximum Gasteiger partial charge on any atom is 0.256 e. The number of hydrogen-bond acceptors (Lipinski definition) is 4. The van der Waals surface area contributed by atoms with Crippen LogP contribution >= 0.6 is 0 Å². The first-order valence-electron chi connectivity index (χ1n) is 8.89. The lowest BCUT2D eigenvalue weighted by atomic mass is 10.0. The highest BCUT2D eigenvalue weighted by Crippen LogP contribution is 2.34. The maximum atomic E-state index is 12.7. The molecule has 1 saturated carbocycles. The van der Waals surface area contributed by atoms with E-state index in [2.05, 4.69) is 17.1 Å². The molecule has 0 aromatic heterocycles. The molecule has 1 aromatic rings. The fraction of sp³-hybridized carbons (Fsp3) is 0.632. The lowest BCUT2D eigenvalue weighted by molar-refractivity contribution is -0.140. The summed E-state index contributed by atoms with van der Waals surface area (Å²) in [7, 11) is 4.03. The first-order chi connectivity index (χ1) is 11.6. The number of carbonyl (C=O) groups excluding carboxylic acids is 1. The molecule has 0 unspecified atom stereocenters. The van der Waals surface area contributed by atoms with Crippen molar-refractivity contribution in [3.8, 4) is 5.75 Å². The van der Waals surface area contributed by atoms with Crippen molar-refractivity contribution in [2.45, 2.75) is 44.6 Å². The van der Waals surface area contributed by atoms with E-state index in [1.807, 2.05) is 38.4 Å². The quantitative estimate of drug-likeness (QED) is 0.753. The zero-order valence-electron chi connectivity index (χ0n) is 15.1. The average molecular weight is 334 g/mol. The minimum absolute atomic E-state index is 0.0188. The summed E-state index contributed by atoms with van der Waals surface area (Å²) in [5.74, 6) is 0.794. The second-order valence-electron chi connectivity index (χ2n) is 6.68. The van der Waals surface area contributed by atoms with Crippen LogP contribution in [0.25, 0.3) is 0 Å². The molecule has 1 aliphatic rings. The van der Waals surface area contributed by atoms with Crippen LogP contribution in [0, 0.1) is 0 Å². The number of rotatable bonds is 9. The van der Waals surface area contributed by atoms with Crippen LogP contribution in [-0.4, -0.2) is 50.3 Å². The van der Waals surface area contributed by atoms with E-state index in [-0.39, 0.29) is 5.91 Å². The first kappa shape index (κ1) is 18.7. The third-order valence-electron chi connectivity index (χ3n) is 4.33. The Balaban J connectivity index is 1.91. The highest BCUT2D eigenvalue weighted by atomic mass is 16.5. The predicted molar refractivity (Wildman–Crippen MR) is 96.6 cm³/mol. The van der Waals surface area contributed by atoms with Gasteiger partial charge in [0.25, 0.3) is 5.91 Å². The summed E-state index contributed by atoms with van der Waals surface area (Å²) in [5.41, 5.74) is 0.142. The number of anilines is 1. The maximum absolute atomic E-state index is 12.7. The number of carbonyl (C=O) groups is 1. The van der Waals surface area contributed by atoms with Gasteiger partial charge in [0, 0.05) is 18.8 Å². The molecule has 5 heteroatoms. The molecule has 0 aliphatic heterocycles. The van der Waals surface area contributed by atoms with Crippen LogP contribution < -0.4 is 10.1 Å². The lowest BCUT2D eigenvalue weighted by Gasteiger charge is -2.28. The van der Waals surface area contributed by atoms with Crippen molar-refractivity contribution in [3.05, 3.63) is 24.3 Å². The molecular formula is C19H30N2O3. The van der Waals surface area contributed by atoms with Crippen molar-refractivity contribution in [2.24, 2.45) is 0 Å². The number of amides is 1. The molecule has 0 spiro atoms. The van der Waals surface area contributed by atoms with Gasteiger partial charge >= 0.3 is 0 Å². The number of nitrogens with zero attached hydrogens (tertiary/aromatic N) is 1. The van der Waals surface area contributed by atoms with E-state index in [0.29, 0.717) is 13.2 Å². The zero-order valence-corrected chi connectivity index (χ0v) is 15.1. The summed E-state index contributed by atoms with van der Waals surface area (Å²) < 4.78 is 11.6. The molecule has 1 N–H and O–H groups in total. The monoisotopic (exact) mass is 334 g/mol. The van der Waals surface area contributed by atoms with Gasteiger partial charge in [-0.1, -0.05) is 6.92 Å². The van der Waals surface area contributed by atoms with Crippen molar-refractivity contribution in [2.75, 3.05) is 39.2 Å². The fourth-order valence-corrected chi connectivity index (χ4v) is 2.91. The second kappa shape index (κ2) is 9.04. The van der Waals surface area contributed by atoms with E-state index in [1.54, 1.807) is 0 Å². The van der Waals surface area contributed by atoms with E-state index in [0.717, 1.165) is 50.1 Å². The summed E-state index contributed by atoms with van der Waals surface area (Å²) in [6.07, 6.45) is 4.65. The topological polar surface area (TPSA) is 50.8 Å². The molecule has 0 bridgehead atoms. The van der Waals surface area contributed by atoms with Crippen molar-refractivity contribution in [1.82, 2.24) is 4.90 Å². The third kappa shape index (κ3) is 5.21. The van der Waals surface area contributed by atoms with Crippen LogP contribution in [0.2, 0.25) is 0 Å². The minimum atomic E-state index is -0.642. The van der Waals surface area contributed by atoms with E-state index >= 15 is 0 Å². The Bertz CT molecular complexity index is 508. The Hall–Kier alpha value is -1.59. The van der Waals surface area contributed by atoms with Crippen LogP contribution in [0.3, 0.4) is 0 Å². The number of nitrogens with one attached hydrogen (secondary N) is 1. The molecule has 1 aliphatic carbocycles. The van der Waals surface area contributed by atoms with Crippen molar-refractivity contribution in [3.63, 3.8) is 0 Å². The van der Waals surface area contributed by atoms with Gasteiger partial charge in [0.05, 0.1) is 0 Å². The lowest BCUT2D eigenvalue weighted by Crippen LogP contribution is -2.43. The molecule has 2 rings (SSSR count). The van der Waals surface area contributed by atoms with Crippen LogP contribution in [-0.2, 0) is 9.53 Å². The van der Waals surface area contributed by atoms with Crippen molar-refractivity contribution < 1.29 is 14.3 Å². The second-order valence-corrected chi connectivity index (χ2v) is 6.68. The predicted octanol–water partition coefficient (Wildman–Crippen LogP) is 3.30. The smallest absolute Gasteiger partial charge is 0.256 e. The van der Waals surface area contributed by atoms with Gasteiger partial charge in [-0.05, 0) is 70.5 Å². The Morgan fingerprint density at radius 2 is 1.83 bits per heavy atom. The molecule has 5 nitrogen and oxygen atoms in total. The van der Waals surface area contributed by atoms with Gasteiger partial charge in [0.15, 0.2) is 0 Å². The fourth-order valence-electron chi connectivity index (χ4n) is 2.91. The van der Waals surface area contributed by atoms with E-state index in [9.17, 15) is 4.79 Å². The van der Waals surface area contributed by atoms with Crippen LogP contribution in [0.4, 0.5) is 5.69 Å². The molecule has 24 heavy (non-hydrogen) atoms. The van der Waals surface area contributed by atoms with Gasteiger partial charge in [-0.25, -0.2) is 0 Å². The van der Waals surface area contributed by atoms with Gasteiger partial charge in [-0.3, -0.25) is 4.79 Å². The molecule has 1 amide bonds. The van der Waals surface area contributed by atoms with Gasteiger partial charge in [-0.2, -0.15) is 0 Å². The highest BCUT2D eigenvalue weighted by molar-refractivity contribution is 5.97. The first-order valence-corrected chi connectivity index (χ1v) is 8.89. The Labute approximate surface area is 145 Å². The summed E-state index contributed by atoms with van der Waals surface area (Å²) >= 11 is 0. The molecular weight excluding hydrogens is 304 g/mol. The van der Waals surface area contributed by atoms with Crippen LogP contribution in [0.15, 0.2) is 24.3 Å². The van der Waals surface area contributed by atoms with Gasteiger partial charge in [0.1, 0.15) is 18.0 Å². The van der Waals surface area contributed by atoms with Gasteiger partial charge < -0.3 is 19.7 Å². The molecule has 1 aromatic carbocycles. The summed E-state index contributed by atoms with van der Waals surface area (Å²) in [5, 5.41) is 3.01. The highest BCUT2D eigenvalue weighted by Gasteiger charge is 2.42. The zero-order chi connectivity index (χ0) is 17.4. The van der Waals surface area contributed by atoms with Crippen molar-refractivity contribution >= 4 is 11.6 Å². The van der Waals surface area contributed by atoms with Crippen LogP contribution in [0.5, 0.6) is 5.75 Å². The number of hydrogen-bond donors (Lipinski definition) is 1. The average Bonchev–Trinajstić information content (AvgIpc) is 3.04. The molecule has 0 saturated heterocycles. The number of likely N-dealkylation sites (N-methyl/N-ethyl adjacent to an activating group) is 1. The Morgan fingerprint density at radius 1 is 1.17 bits per heavy atom. The largest absolute Gasteiger partial charge is 0.492 e. The summed E-state index contributed by atoms with van der Waals surface area (Å²) in [6, 6.07) is 7.54. The summed E-state index contributed by atoms with van der Waals surface area (Å²) in [6.45, 7) is 4.21. The van der Waals surface area contributed by atoms with E-state index in [1.165, 1.54) is 0 Å². The van der Waals surface area contributed by atoms with Gasteiger partial charge in [-0.15, -0.1) is 0 Å². The molecule has 0 heterocycles. The Morgan fingerprint density at radius 3 is 2.42 bits per heavy atom. The molecule has 0 atom stereocenters. The minimum Gasteiger partial charge on any atom is -0.492 e. The van der Waals surface area contributed by atoms with Crippen LogP contribution in [0.1, 0.15) is 39.0 Å². The molecule has 0 radical (unpaired) electrons. The SMILES string of the molecule is CCCOC1(C(=O)Nc2ccc(OCCN(C)C)cc2)CCCC1. The molecule has 134 valence electrons. The molecule has 1 fully saturated rings. The van der Waals surface area contributed by atoms with Crippen molar-refractivity contribution in [1.29, 1.82) is 0 Å². The number of benzene rings is 1. The third-order valence-corrected chi connectivity index (χ3v) is 4.33. The van der Waals surface area contributed by atoms with Gasteiger partial charge in [0.2, 0.25) is 0 Å². The standard InChI is InChI=1S/C19H30N2O3/c1-4-14-24-19(11-5-6-12-19)18(22)20-16-7-9-17(10-8-16)23-15-13-21(2)3/h7-10H,4-6,11-15H2,1-3H3,(H,20,22). The normalized spacial score (nSPS) is 16.3.